The summed E-state index contributed by atoms with van der Waals surface area (Å²) in [5.41, 5.74) is -0.291. The van der Waals surface area contributed by atoms with Crippen LogP contribution in [-0.2, 0) is 34.1 Å². The van der Waals surface area contributed by atoms with Crippen LogP contribution in [0.3, 0.4) is 0 Å². The van der Waals surface area contributed by atoms with Gasteiger partial charge >= 0.3 is 35.5 Å². The van der Waals surface area contributed by atoms with E-state index in [9.17, 15) is 42.5 Å². The van der Waals surface area contributed by atoms with Gasteiger partial charge in [-0.2, -0.15) is 5.26 Å². The van der Waals surface area contributed by atoms with Crippen molar-refractivity contribution in [3.63, 3.8) is 0 Å². The first-order chi connectivity index (χ1) is 15.5. The van der Waals surface area contributed by atoms with Gasteiger partial charge in [-0.05, 0) is 36.6 Å². The van der Waals surface area contributed by atoms with Gasteiger partial charge in [0.05, 0.1) is 4.90 Å². The van der Waals surface area contributed by atoms with Crippen molar-refractivity contribution in [2.75, 3.05) is 6.54 Å². The van der Waals surface area contributed by atoms with Crippen LogP contribution in [0, 0.1) is 11.3 Å². The SMILES string of the molecule is N#CC(=Cc1ccc(O)c(S(=O)(=O)[O-])c1)C(=O)NCCCCCC(=O)ON1C(=O)CCC1=O.[Na+]. The molecule has 12 nitrogen and oxygen atoms in total. The second-order valence-electron chi connectivity index (χ2n) is 6.96. The van der Waals surface area contributed by atoms with E-state index in [2.05, 4.69) is 5.32 Å². The minimum atomic E-state index is -4.94. The number of benzene rings is 1. The van der Waals surface area contributed by atoms with Gasteiger partial charge in [0.1, 0.15) is 27.5 Å². The molecule has 0 unspecified atom stereocenters. The number of amides is 3. The van der Waals surface area contributed by atoms with Crippen molar-refractivity contribution < 1.29 is 71.7 Å². The number of nitriles is 1. The number of aromatic hydroxyl groups is 1. The minimum Gasteiger partial charge on any atom is -0.744 e. The average Bonchev–Trinajstić information content (AvgIpc) is 3.06. The van der Waals surface area contributed by atoms with Crippen LogP contribution in [0.25, 0.3) is 6.08 Å². The van der Waals surface area contributed by atoms with Crippen molar-refractivity contribution in [2.45, 2.75) is 43.4 Å². The Kier molecular flexibility index (Phi) is 11.4. The molecule has 1 aromatic carbocycles. The molecule has 0 bridgehead atoms. The molecule has 1 aromatic rings. The van der Waals surface area contributed by atoms with Gasteiger partial charge in [0.25, 0.3) is 17.7 Å². The Morgan fingerprint density at radius 2 is 1.85 bits per heavy atom. The molecule has 34 heavy (non-hydrogen) atoms. The van der Waals surface area contributed by atoms with Gasteiger partial charge in [0, 0.05) is 25.8 Å². The molecule has 0 saturated carbocycles. The number of carbonyl (C=O) groups is 4. The predicted molar refractivity (Wildman–Crippen MR) is 108 cm³/mol. The zero-order valence-electron chi connectivity index (χ0n) is 18.3. The number of nitrogens with one attached hydrogen (secondary N) is 1. The molecule has 1 heterocycles. The van der Waals surface area contributed by atoms with Crippen LogP contribution in [0.15, 0.2) is 28.7 Å². The Balaban J connectivity index is 0.00000578. The summed E-state index contributed by atoms with van der Waals surface area (Å²) >= 11 is 0. The van der Waals surface area contributed by atoms with Crippen molar-refractivity contribution in [3.8, 4) is 11.8 Å². The normalized spacial score (nSPS) is 13.8. The first-order valence-corrected chi connectivity index (χ1v) is 11.2. The van der Waals surface area contributed by atoms with Crippen molar-refractivity contribution in [1.82, 2.24) is 10.4 Å². The summed E-state index contributed by atoms with van der Waals surface area (Å²) in [7, 11) is -4.94. The van der Waals surface area contributed by atoms with Gasteiger partial charge in [-0.25, -0.2) is 13.2 Å². The van der Waals surface area contributed by atoms with Gasteiger partial charge in [0.2, 0.25) is 0 Å². The monoisotopic (exact) mass is 501 g/mol. The first-order valence-electron chi connectivity index (χ1n) is 9.78. The summed E-state index contributed by atoms with van der Waals surface area (Å²) in [6.45, 7) is 0.172. The van der Waals surface area contributed by atoms with Gasteiger partial charge < -0.3 is 19.8 Å². The summed E-state index contributed by atoms with van der Waals surface area (Å²) in [4.78, 5) is 50.4. The molecule has 0 atom stereocenters. The number of imide groups is 1. The minimum absolute atomic E-state index is 0. The zero-order chi connectivity index (χ0) is 24.6. The molecule has 1 fully saturated rings. The number of hydrogen-bond donors (Lipinski definition) is 2. The molecular weight excluding hydrogens is 481 g/mol. The Bertz CT molecular complexity index is 1130. The molecule has 14 heteroatoms. The van der Waals surface area contributed by atoms with Crippen LogP contribution in [0.1, 0.15) is 44.1 Å². The quantitative estimate of drug-likeness (QED) is 0.0863. The summed E-state index contributed by atoms with van der Waals surface area (Å²) < 4.78 is 33.4. The largest absolute Gasteiger partial charge is 1.00 e. The third kappa shape index (κ3) is 8.54. The van der Waals surface area contributed by atoms with Crippen LogP contribution in [0.5, 0.6) is 5.75 Å². The zero-order valence-corrected chi connectivity index (χ0v) is 21.1. The fourth-order valence-corrected chi connectivity index (χ4v) is 3.41. The van der Waals surface area contributed by atoms with E-state index >= 15 is 0 Å². The maximum atomic E-state index is 12.1. The smallest absolute Gasteiger partial charge is 0.744 e. The van der Waals surface area contributed by atoms with Crippen molar-refractivity contribution in [3.05, 3.63) is 29.3 Å². The van der Waals surface area contributed by atoms with E-state index in [4.69, 9.17) is 4.84 Å². The summed E-state index contributed by atoms with van der Waals surface area (Å²) in [6, 6.07) is 4.72. The standard InChI is InChI=1S/C20H21N3O9S.Na/c21-12-14(10-13-5-6-15(24)16(11-13)33(29,30)31)20(28)22-9-3-1-2-4-19(27)32-23-17(25)7-8-18(23)26;/h5-6,10-11,24H,1-4,7-9H2,(H,22,28)(H,29,30,31);/q;+1/p-1. The summed E-state index contributed by atoms with van der Waals surface area (Å²) in [5.74, 6) is -3.31. The molecular formula is C20H20N3NaO9S. The van der Waals surface area contributed by atoms with E-state index in [1.54, 1.807) is 6.07 Å². The van der Waals surface area contributed by atoms with Crippen molar-refractivity contribution in [1.29, 1.82) is 5.26 Å². The third-order valence-corrected chi connectivity index (χ3v) is 5.34. The summed E-state index contributed by atoms with van der Waals surface area (Å²) in [6.07, 6.45) is 2.40. The molecule has 1 saturated heterocycles. The molecule has 1 aliphatic heterocycles. The fourth-order valence-electron chi connectivity index (χ4n) is 2.81. The Hall–Kier alpha value is -2.76. The topological polar surface area (TPSA) is 194 Å². The fraction of sp³-hybridized carbons (Fsp3) is 0.350. The van der Waals surface area contributed by atoms with E-state index in [0.29, 0.717) is 24.3 Å². The van der Waals surface area contributed by atoms with Crippen molar-refractivity contribution in [2.24, 2.45) is 0 Å². The molecule has 1 aliphatic rings. The van der Waals surface area contributed by atoms with Gasteiger partial charge in [-0.15, -0.1) is 5.06 Å². The van der Waals surface area contributed by atoms with Gasteiger partial charge in [-0.1, -0.05) is 12.5 Å². The number of unbranched alkanes of at least 4 members (excludes halogenated alkanes) is 2. The predicted octanol–water partition coefficient (Wildman–Crippen LogP) is -2.51. The number of rotatable bonds is 10. The number of phenols is 1. The van der Waals surface area contributed by atoms with Crippen LogP contribution in [0.4, 0.5) is 0 Å². The Labute approximate surface area is 217 Å². The maximum absolute atomic E-state index is 12.1. The molecule has 3 amide bonds. The molecule has 0 aliphatic carbocycles. The summed E-state index contributed by atoms with van der Waals surface area (Å²) in [5, 5.41) is 21.6. The number of hydroxylamine groups is 2. The van der Waals surface area contributed by atoms with E-state index in [1.807, 2.05) is 0 Å². The van der Waals surface area contributed by atoms with Gasteiger partial charge in [-0.3, -0.25) is 14.4 Å². The maximum Gasteiger partial charge on any atom is 1.00 e. The van der Waals surface area contributed by atoms with Crippen LogP contribution in [0.2, 0.25) is 0 Å². The van der Waals surface area contributed by atoms with Gasteiger partial charge in [0.15, 0.2) is 0 Å². The molecule has 0 spiro atoms. The Morgan fingerprint density at radius 3 is 2.44 bits per heavy atom. The second-order valence-corrected chi connectivity index (χ2v) is 8.31. The number of nitrogens with zero attached hydrogens (tertiary/aromatic N) is 2. The molecule has 0 radical (unpaired) electrons. The number of carbonyl (C=O) groups excluding carboxylic acids is 4. The van der Waals surface area contributed by atoms with E-state index in [1.165, 1.54) is 6.07 Å². The number of hydrogen-bond acceptors (Lipinski definition) is 10. The van der Waals surface area contributed by atoms with E-state index < -0.39 is 44.5 Å². The van der Waals surface area contributed by atoms with E-state index in [-0.39, 0.29) is 66.5 Å². The van der Waals surface area contributed by atoms with Crippen LogP contribution >= 0.6 is 0 Å². The average molecular weight is 501 g/mol. The second kappa shape index (κ2) is 13.2. The van der Waals surface area contributed by atoms with E-state index in [0.717, 1.165) is 18.2 Å². The van der Waals surface area contributed by atoms with Crippen LogP contribution < -0.4 is 34.9 Å². The van der Waals surface area contributed by atoms with Crippen LogP contribution in [-0.4, -0.2) is 53.4 Å². The first kappa shape index (κ1) is 29.3. The third-order valence-electron chi connectivity index (χ3n) is 4.47. The number of phenolic OH excluding ortho intramolecular Hbond substituents is 1. The van der Waals surface area contributed by atoms with Crippen molar-refractivity contribution >= 4 is 39.9 Å². The molecule has 2 rings (SSSR count). The molecule has 2 N–H and O–H groups in total. The molecule has 0 aromatic heterocycles. The molecule has 176 valence electrons. The Morgan fingerprint density at radius 1 is 1.21 bits per heavy atom.